The van der Waals surface area contributed by atoms with E-state index in [1.807, 2.05) is 31.3 Å². The molecule has 1 aromatic carbocycles. The Labute approximate surface area is 115 Å². The molecular formula is C14H18N3OSi. The Morgan fingerprint density at radius 3 is 2.79 bits per heavy atom. The number of aliphatic imine (C=N–C) groups is 1. The molecule has 4 nitrogen and oxygen atoms in total. The van der Waals surface area contributed by atoms with Crippen molar-refractivity contribution in [1.29, 1.82) is 0 Å². The molecule has 0 aliphatic carbocycles. The van der Waals surface area contributed by atoms with Crippen LogP contribution in [0.1, 0.15) is 18.1 Å². The fourth-order valence-corrected chi connectivity index (χ4v) is 2.33. The molecule has 1 radical (unpaired) electrons. The Morgan fingerprint density at radius 1 is 1.37 bits per heavy atom. The van der Waals surface area contributed by atoms with Crippen molar-refractivity contribution in [3.63, 3.8) is 0 Å². The molecule has 2 rings (SSSR count). The lowest BCUT2D eigenvalue weighted by atomic mass is 10.2. The fourth-order valence-electron chi connectivity index (χ4n) is 1.71. The monoisotopic (exact) mass is 272 g/mol. The second kappa shape index (κ2) is 5.84. The van der Waals surface area contributed by atoms with Gasteiger partial charge in [0.25, 0.3) is 9.04 Å². The molecule has 0 spiro atoms. The van der Waals surface area contributed by atoms with Gasteiger partial charge in [0.05, 0.1) is 6.20 Å². The molecule has 0 saturated heterocycles. The number of H-pyrrole nitrogens is 1. The van der Waals surface area contributed by atoms with Crippen molar-refractivity contribution in [3.05, 3.63) is 41.7 Å². The van der Waals surface area contributed by atoms with E-state index in [4.69, 9.17) is 4.43 Å². The van der Waals surface area contributed by atoms with Crippen molar-refractivity contribution < 1.29 is 4.43 Å². The normalized spacial score (nSPS) is 11.9. The lowest BCUT2D eigenvalue weighted by Crippen LogP contribution is -2.11. The Morgan fingerprint density at radius 2 is 2.16 bits per heavy atom. The first-order valence-corrected chi connectivity index (χ1v) is 8.60. The minimum atomic E-state index is -0.798. The minimum Gasteiger partial charge on any atom is -0.541 e. The fraction of sp³-hybridized carbons (Fsp3) is 0.286. The maximum Gasteiger partial charge on any atom is 0.274 e. The third-order valence-corrected chi connectivity index (χ3v) is 3.26. The van der Waals surface area contributed by atoms with Crippen LogP contribution in [-0.4, -0.2) is 24.9 Å². The van der Waals surface area contributed by atoms with Crippen LogP contribution in [0.3, 0.4) is 0 Å². The first-order chi connectivity index (χ1) is 9.06. The van der Waals surface area contributed by atoms with Gasteiger partial charge < -0.3 is 4.43 Å². The van der Waals surface area contributed by atoms with Crippen LogP contribution in [0.5, 0.6) is 5.75 Å². The van der Waals surface area contributed by atoms with Crippen LogP contribution in [0.15, 0.2) is 35.6 Å². The van der Waals surface area contributed by atoms with Crippen LogP contribution in [0.2, 0.25) is 13.1 Å². The quantitative estimate of drug-likeness (QED) is 0.684. The highest BCUT2D eigenvalue weighted by molar-refractivity contribution is 6.49. The zero-order valence-corrected chi connectivity index (χ0v) is 12.7. The first-order valence-electron chi connectivity index (χ1n) is 6.19. The number of aryl methyl sites for hydroxylation is 1. The third-order valence-electron chi connectivity index (χ3n) is 2.63. The number of hydrogen-bond donors (Lipinski definition) is 1. The molecule has 0 fully saturated rings. The molecule has 1 aromatic heterocycles. The van der Waals surface area contributed by atoms with Gasteiger partial charge in [0.1, 0.15) is 11.4 Å². The SMILES string of the molecule is CC(=Nc1cc(C)ccc1O[Si](C)C)c1cn[nH]c1. The lowest BCUT2D eigenvalue weighted by molar-refractivity contribution is 0.582. The highest BCUT2D eigenvalue weighted by Gasteiger charge is 2.08. The van der Waals surface area contributed by atoms with Crippen molar-refractivity contribution in [1.82, 2.24) is 10.2 Å². The molecule has 1 N–H and O–H groups in total. The van der Waals surface area contributed by atoms with Crippen LogP contribution in [0.25, 0.3) is 0 Å². The molecule has 5 heteroatoms. The van der Waals surface area contributed by atoms with Crippen molar-refractivity contribution in [2.24, 2.45) is 4.99 Å². The van der Waals surface area contributed by atoms with E-state index in [9.17, 15) is 0 Å². The summed E-state index contributed by atoms with van der Waals surface area (Å²) >= 11 is 0. The summed E-state index contributed by atoms with van der Waals surface area (Å²) in [5.41, 5.74) is 3.97. The van der Waals surface area contributed by atoms with Gasteiger partial charge in [0, 0.05) is 17.5 Å². The van der Waals surface area contributed by atoms with Crippen LogP contribution < -0.4 is 4.43 Å². The summed E-state index contributed by atoms with van der Waals surface area (Å²) in [5.74, 6) is 0.854. The van der Waals surface area contributed by atoms with Gasteiger partial charge in [-0.2, -0.15) is 5.10 Å². The zero-order chi connectivity index (χ0) is 13.8. The number of nitrogens with zero attached hydrogens (tertiary/aromatic N) is 2. The van der Waals surface area contributed by atoms with Crippen LogP contribution >= 0.6 is 0 Å². The van der Waals surface area contributed by atoms with Gasteiger partial charge in [-0.05, 0) is 44.6 Å². The smallest absolute Gasteiger partial charge is 0.274 e. The average Bonchev–Trinajstić information content (AvgIpc) is 2.86. The molecule has 0 aliphatic rings. The Balaban J connectivity index is 2.37. The largest absolute Gasteiger partial charge is 0.541 e. The number of aromatic nitrogens is 2. The molecule has 1 heterocycles. The van der Waals surface area contributed by atoms with Gasteiger partial charge >= 0.3 is 0 Å². The number of aromatic amines is 1. The maximum atomic E-state index is 5.89. The number of rotatable bonds is 4. The maximum absolute atomic E-state index is 5.89. The van der Waals surface area contributed by atoms with Crippen LogP contribution in [-0.2, 0) is 0 Å². The van der Waals surface area contributed by atoms with E-state index < -0.39 is 9.04 Å². The van der Waals surface area contributed by atoms with Gasteiger partial charge in [0.15, 0.2) is 0 Å². The van der Waals surface area contributed by atoms with Crippen molar-refractivity contribution in [3.8, 4) is 5.75 Å². The number of nitrogens with one attached hydrogen (secondary N) is 1. The molecule has 0 saturated carbocycles. The first kappa shape index (κ1) is 13.5. The summed E-state index contributed by atoms with van der Waals surface area (Å²) in [6.07, 6.45) is 3.61. The average molecular weight is 272 g/mol. The summed E-state index contributed by atoms with van der Waals surface area (Å²) < 4.78 is 5.89. The van der Waals surface area contributed by atoms with Gasteiger partial charge in [-0.1, -0.05) is 6.07 Å². The van der Waals surface area contributed by atoms with E-state index in [2.05, 4.69) is 35.2 Å². The predicted octanol–water partition coefficient (Wildman–Crippen LogP) is 3.49. The molecule has 0 aliphatic heterocycles. The summed E-state index contributed by atoms with van der Waals surface area (Å²) in [4.78, 5) is 4.66. The van der Waals surface area contributed by atoms with Gasteiger partial charge in [-0.25, -0.2) is 4.99 Å². The van der Waals surface area contributed by atoms with E-state index in [0.717, 1.165) is 22.7 Å². The van der Waals surface area contributed by atoms with E-state index in [-0.39, 0.29) is 0 Å². The van der Waals surface area contributed by atoms with Gasteiger partial charge in [-0.15, -0.1) is 0 Å². The molecule has 0 amide bonds. The minimum absolute atomic E-state index is 0.798. The summed E-state index contributed by atoms with van der Waals surface area (Å²) in [6, 6.07) is 6.09. The summed E-state index contributed by atoms with van der Waals surface area (Å²) in [5, 5.41) is 6.74. The molecular weight excluding hydrogens is 254 g/mol. The Bertz CT molecular complexity index is 576. The topological polar surface area (TPSA) is 50.3 Å². The van der Waals surface area contributed by atoms with E-state index in [1.54, 1.807) is 6.20 Å². The predicted molar refractivity (Wildman–Crippen MR) is 79.7 cm³/mol. The molecule has 0 bridgehead atoms. The molecule has 0 unspecified atom stereocenters. The molecule has 99 valence electrons. The lowest BCUT2D eigenvalue weighted by Gasteiger charge is -2.12. The highest BCUT2D eigenvalue weighted by Crippen LogP contribution is 2.29. The van der Waals surface area contributed by atoms with E-state index >= 15 is 0 Å². The van der Waals surface area contributed by atoms with E-state index in [0.29, 0.717) is 0 Å². The molecule has 0 atom stereocenters. The second-order valence-corrected chi connectivity index (χ2v) is 6.69. The van der Waals surface area contributed by atoms with Gasteiger partial charge in [0.2, 0.25) is 0 Å². The standard InChI is InChI=1S/C14H18N3OSi/c1-10-5-6-14(18-19(3)4)13(7-10)17-11(2)12-8-15-16-9-12/h5-9H,1-4H3,(H,15,16). The highest BCUT2D eigenvalue weighted by atomic mass is 28.3. The zero-order valence-electron chi connectivity index (χ0n) is 11.7. The van der Waals surface area contributed by atoms with Crippen molar-refractivity contribution in [2.75, 3.05) is 0 Å². The van der Waals surface area contributed by atoms with Crippen molar-refractivity contribution in [2.45, 2.75) is 26.9 Å². The second-order valence-electron chi connectivity index (χ2n) is 4.67. The summed E-state index contributed by atoms with van der Waals surface area (Å²) in [7, 11) is -0.798. The van der Waals surface area contributed by atoms with Crippen LogP contribution in [0, 0.1) is 6.92 Å². The van der Waals surface area contributed by atoms with Crippen molar-refractivity contribution >= 4 is 20.4 Å². The van der Waals surface area contributed by atoms with Gasteiger partial charge in [-0.3, -0.25) is 5.10 Å². The molecule has 19 heavy (non-hydrogen) atoms. The van der Waals surface area contributed by atoms with E-state index in [1.165, 1.54) is 5.56 Å². The summed E-state index contributed by atoms with van der Waals surface area (Å²) in [6.45, 7) is 8.25. The Hall–Kier alpha value is -1.88. The Kier molecular flexibility index (Phi) is 4.16. The molecule has 2 aromatic rings. The van der Waals surface area contributed by atoms with Crippen LogP contribution in [0.4, 0.5) is 5.69 Å². The third kappa shape index (κ3) is 3.54. The number of hydrogen-bond acceptors (Lipinski definition) is 3. The number of benzene rings is 1.